The average molecular weight is 205 g/mol. The summed E-state index contributed by atoms with van der Waals surface area (Å²) in [5, 5.41) is 0. The number of aromatic nitrogens is 4. The summed E-state index contributed by atoms with van der Waals surface area (Å²) < 4.78 is 1.64. The van der Waals surface area contributed by atoms with Gasteiger partial charge in [-0.3, -0.25) is 4.57 Å². The van der Waals surface area contributed by atoms with Gasteiger partial charge in [0.1, 0.15) is 4.99 Å². The van der Waals surface area contributed by atoms with Crippen LogP contribution in [0.4, 0.5) is 0 Å². The van der Waals surface area contributed by atoms with Crippen LogP contribution >= 0.6 is 12.2 Å². The second-order valence-corrected chi connectivity index (χ2v) is 2.97. The van der Waals surface area contributed by atoms with E-state index in [-0.39, 0.29) is 4.99 Å². The van der Waals surface area contributed by atoms with Crippen LogP contribution in [0.15, 0.2) is 30.9 Å². The molecule has 0 unspecified atom stereocenters. The molecule has 70 valence electrons. The van der Waals surface area contributed by atoms with Gasteiger partial charge in [-0.15, -0.1) is 0 Å². The average Bonchev–Trinajstić information content (AvgIpc) is 2.67. The summed E-state index contributed by atoms with van der Waals surface area (Å²) in [7, 11) is 0. The number of thiocarbonyl (C=S) groups is 1. The van der Waals surface area contributed by atoms with Crippen LogP contribution < -0.4 is 5.73 Å². The van der Waals surface area contributed by atoms with Crippen molar-refractivity contribution in [3.05, 3.63) is 36.7 Å². The fourth-order valence-corrected chi connectivity index (χ4v) is 1.21. The molecule has 0 aliphatic rings. The molecule has 0 spiro atoms. The summed E-state index contributed by atoms with van der Waals surface area (Å²) in [6.45, 7) is 0. The summed E-state index contributed by atoms with van der Waals surface area (Å²) in [5.41, 5.74) is 5.49. The molecular weight excluding hydrogens is 198 g/mol. The van der Waals surface area contributed by atoms with Gasteiger partial charge in [0.05, 0.1) is 0 Å². The third-order valence-electron chi connectivity index (χ3n) is 1.63. The third kappa shape index (κ3) is 1.47. The van der Waals surface area contributed by atoms with Crippen molar-refractivity contribution >= 4 is 17.2 Å². The number of rotatable bonds is 2. The van der Waals surface area contributed by atoms with Crippen molar-refractivity contribution in [1.29, 1.82) is 0 Å². The van der Waals surface area contributed by atoms with Gasteiger partial charge in [-0.2, -0.15) is 0 Å². The van der Waals surface area contributed by atoms with Crippen molar-refractivity contribution in [1.82, 2.24) is 19.5 Å². The van der Waals surface area contributed by atoms with E-state index in [1.807, 2.05) is 0 Å². The first-order valence-corrected chi connectivity index (χ1v) is 4.30. The molecule has 2 N–H and O–H groups in total. The minimum absolute atomic E-state index is 0.224. The SMILES string of the molecule is NC(=S)c1nccn1-c1ncccn1. The monoisotopic (exact) mass is 205 g/mol. The first-order valence-electron chi connectivity index (χ1n) is 3.89. The van der Waals surface area contributed by atoms with Crippen LogP contribution in [-0.4, -0.2) is 24.5 Å². The van der Waals surface area contributed by atoms with Crippen LogP contribution in [0.1, 0.15) is 5.82 Å². The van der Waals surface area contributed by atoms with Crippen LogP contribution in [0.5, 0.6) is 0 Å². The summed E-state index contributed by atoms with van der Waals surface area (Å²) >= 11 is 4.84. The van der Waals surface area contributed by atoms with Gasteiger partial charge in [0.25, 0.3) is 0 Å². The summed E-state index contributed by atoms with van der Waals surface area (Å²) in [6, 6.07) is 1.74. The molecule has 0 aliphatic heterocycles. The van der Waals surface area contributed by atoms with Crippen molar-refractivity contribution in [3.8, 4) is 5.95 Å². The molecule has 0 amide bonds. The van der Waals surface area contributed by atoms with Crippen molar-refractivity contribution in [2.24, 2.45) is 5.73 Å². The molecule has 6 heteroatoms. The molecule has 0 bridgehead atoms. The number of nitrogens with two attached hydrogens (primary N) is 1. The number of hydrogen-bond acceptors (Lipinski definition) is 4. The van der Waals surface area contributed by atoms with Gasteiger partial charge >= 0.3 is 0 Å². The maximum Gasteiger partial charge on any atom is 0.235 e. The molecular formula is C8H7N5S. The zero-order valence-corrected chi connectivity index (χ0v) is 7.98. The molecule has 0 fully saturated rings. The van der Waals surface area contributed by atoms with Crippen LogP contribution in [0, 0.1) is 0 Å². The minimum atomic E-state index is 0.224. The van der Waals surface area contributed by atoms with E-state index in [9.17, 15) is 0 Å². The lowest BCUT2D eigenvalue weighted by Crippen LogP contribution is -2.17. The molecule has 2 rings (SSSR count). The number of imidazole rings is 1. The van der Waals surface area contributed by atoms with Crippen LogP contribution in [0.25, 0.3) is 5.95 Å². The molecule has 0 radical (unpaired) electrons. The first kappa shape index (κ1) is 8.76. The summed E-state index contributed by atoms with van der Waals surface area (Å²) in [4.78, 5) is 12.4. The highest BCUT2D eigenvalue weighted by molar-refractivity contribution is 7.80. The Labute approximate surface area is 85.6 Å². The molecule has 0 aliphatic carbocycles. The number of nitrogens with zero attached hydrogens (tertiary/aromatic N) is 4. The molecule has 0 saturated carbocycles. The Hall–Kier alpha value is -1.82. The van der Waals surface area contributed by atoms with Crippen LogP contribution in [0.3, 0.4) is 0 Å². The Kier molecular flexibility index (Phi) is 2.19. The summed E-state index contributed by atoms with van der Waals surface area (Å²) in [5.74, 6) is 0.999. The van der Waals surface area contributed by atoms with Crippen molar-refractivity contribution in [3.63, 3.8) is 0 Å². The lowest BCUT2D eigenvalue weighted by molar-refractivity contribution is 0.914. The predicted octanol–water partition coefficient (Wildman–Crippen LogP) is 0.297. The van der Waals surface area contributed by atoms with Gasteiger partial charge in [-0.25, -0.2) is 15.0 Å². The molecule has 2 aromatic heterocycles. The maximum absolute atomic E-state index is 5.49. The molecule has 2 aromatic rings. The highest BCUT2D eigenvalue weighted by atomic mass is 32.1. The molecule has 0 aromatic carbocycles. The van der Waals surface area contributed by atoms with E-state index in [0.717, 1.165) is 0 Å². The van der Waals surface area contributed by atoms with E-state index in [1.165, 1.54) is 0 Å². The van der Waals surface area contributed by atoms with E-state index in [4.69, 9.17) is 18.0 Å². The van der Waals surface area contributed by atoms with E-state index in [0.29, 0.717) is 11.8 Å². The highest BCUT2D eigenvalue weighted by Gasteiger charge is 2.08. The van der Waals surface area contributed by atoms with Gasteiger partial charge in [-0.05, 0) is 6.07 Å². The topological polar surface area (TPSA) is 69.6 Å². The summed E-state index contributed by atoms with van der Waals surface area (Å²) in [6.07, 6.45) is 6.60. The highest BCUT2D eigenvalue weighted by Crippen LogP contribution is 2.03. The number of hydrogen-bond donors (Lipinski definition) is 1. The second-order valence-electron chi connectivity index (χ2n) is 2.53. The zero-order valence-electron chi connectivity index (χ0n) is 7.16. The fraction of sp³-hybridized carbons (Fsp3) is 0. The molecule has 5 nitrogen and oxygen atoms in total. The zero-order chi connectivity index (χ0) is 9.97. The predicted molar refractivity (Wildman–Crippen MR) is 55.0 cm³/mol. The van der Waals surface area contributed by atoms with Gasteiger partial charge in [-0.1, -0.05) is 12.2 Å². The van der Waals surface area contributed by atoms with E-state index in [2.05, 4.69) is 15.0 Å². The van der Waals surface area contributed by atoms with Crippen molar-refractivity contribution in [2.75, 3.05) is 0 Å². The van der Waals surface area contributed by atoms with Gasteiger partial charge in [0.2, 0.25) is 5.95 Å². The standard InChI is InChI=1S/C8H7N5S/c9-6(14)7-10-4-5-13(7)8-11-2-1-3-12-8/h1-5H,(H2,9,14). The van der Waals surface area contributed by atoms with Gasteiger partial charge in [0.15, 0.2) is 5.82 Å². The third-order valence-corrected chi connectivity index (χ3v) is 1.81. The maximum atomic E-state index is 5.49. The van der Waals surface area contributed by atoms with Crippen LogP contribution in [-0.2, 0) is 0 Å². The van der Waals surface area contributed by atoms with Crippen LogP contribution in [0.2, 0.25) is 0 Å². The molecule has 14 heavy (non-hydrogen) atoms. The Morgan fingerprint density at radius 1 is 1.21 bits per heavy atom. The largest absolute Gasteiger partial charge is 0.387 e. The van der Waals surface area contributed by atoms with Gasteiger partial charge in [0, 0.05) is 24.8 Å². The van der Waals surface area contributed by atoms with Crippen molar-refractivity contribution < 1.29 is 0 Å². The Morgan fingerprint density at radius 2 is 1.93 bits per heavy atom. The van der Waals surface area contributed by atoms with E-state index in [1.54, 1.807) is 35.4 Å². The minimum Gasteiger partial charge on any atom is -0.387 e. The van der Waals surface area contributed by atoms with E-state index < -0.39 is 0 Å². The second kappa shape index (κ2) is 3.51. The normalized spacial score (nSPS) is 10.0. The smallest absolute Gasteiger partial charge is 0.235 e. The fourth-order valence-electron chi connectivity index (χ4n) is 1.06. The van der Waals surface area contributed by atoms with Crippen molar-refractivity contribution in [2.45, 2.75) is 0 Å². The Bertz CT molecular complexity index is 450. The molecule has 2 heterocycles. The first-order chi connectivity index (χ1) is 6.79. The Morgan fingerprint density at radius 3 is 2.57 bits per heavy atom. The Balaban J connectivity index is 2.52. The molecule has 0 saturated heterocycles. The molecule has 0 atom stereocenters. The lowest BCUT2D eigenvalue weighted by Gasteiger charge is -2.02. The lowest BCUT2D eigenvalue weighted by atomic mass is 10.6. The van der Waals surface area contributed by atoms with Gasteiger partial charge < -0.3 is 5.73 Å². The quantitative estimate of drug-likeness (QED) is 0.714. The van der Waals surface area contributed by atoms with E-state index >= 15 is 0 Å².